The fourth-order valence-electron chi connectivity index (χ4n) is 9.53. The molecule has 0 nitrogen and oxygen atoms in total. The summed E-state index contributed by atoms with van der Waals surface area (Å²) in [4.78, 5) is 0. The Kier molecular flexibility index (Phi) is 10.8. The van der Waals surface area contributed by atoms with Gasteiger partial charge in [-0.25, -0.2) is 21.5 Å². The van der Waals surface area contributed by atoms with E-state index in [0.29, 0.717) is 33.2 Å². The second kappa shape index (κ2) is 12.2. The molecule has 0 saturated heterocycles. The Hall–Kier alpha value is -0.451. The van der Waals surface area contributed by atoms with Gasteiger partial charge in [-0.1, -0.05) is 124 Å². The van der Waals surface area contributed by atoms with E-state index >= 15 is 0 Å². The SMILES string of the molecule is CC(C)[Si](c1c2ccccc2c2[c-]([Si](C(C)C)(C(C)C)C(C)C)c3ccccc3[c-]12)(C(C)C)C(C)C.[Li+].[Li+]. The molecule has 4 aromatic rings. The largest absolute Gasteiger partial charge is 1.00 e. The molecule has 0 unspecified atom stereocenters. The van der Waals surface area contributed by atoms with Crippen molar-refractivity contribution in [1.82, 2.24) is 0 Å². The molecule has 0 spiro atoms. The molecule has 0 saturated carbocycles. The van der Waals surface area contributed by atoms with Gasteiger partial charge in [0.25, 0.3) is 0 Å². The van der Waals surface area contributed by atoms with E-state index in [-0.39, 0.29) is 37.7 Å². The second-order valence-electron chi connectivity index (χ2n) is 13.4. The third-order valence-corrected chi connectivity index (χ3v) is 24.5. The number of fused-ring (bicyclic) bond motifs is 5. The summed E-state index contributed by atoms with van der Waals surface area (Å²) < 4.78 is 0. The van der Waals surface area contributed by atoms with Gasteiger partial charge in [0.05, 0.1) is 8.07 Å². The Balaban J connectivity index is 0.00000253. The zero-order valence-corrected chi connectivity index (χ0v) is 29.1. The predicted molar refractivity (Wildman–Crippen MR) is 172 cm³/mol. The van der Waals surface area contributed by atoms with E-state index in [1.54, 1.807) is 31.9 Å². The minimum absolute atomic E-state index is 0. The van der Waals surface area contributed by atoms with Crippen molar-refractivity contribution in [2.24, 2.45) is 0 Å². The smallest absolute Gasteiger partial charge is 0.228 e. The molecule has 0 amide bonds. The van der Waals surface area contributed by atoms with Crippen molar-refractivity contribution in [3.63, 3.8) is 0 Å². The van der Waals surface area contributed by atoms with Gasteiger partial charge in [-0.3, -0.25) is 0 Å². The number of benzene rings is 2. The summed E-state index contributed by atoms with van der Waals surface area (Å²) in [5.41, 5.74) is 4.12. The van der Waals surface area contributed by atoms with Gasteiger partial charge in [-0.05, 0) is 16.6 Å². The van der Waals surface area contributed by atoms with Gasteiger partial charge in [0.1, 0.15) is 0 Å². The minimum atomic E-state index is -1.91. The van der Waals surface area contributed by atoms with Crippen molar-refractivity contribution in [2.75, 3.05) is 0 Å². The first kappa shape index (κ1) is 33.8. The summed E-state index contributed by atoms with van der Waals surface area (Å²) in [6, 6.07) is 19.0. The maximum absolute atomic E-state index is 2.53. The predicted octanol–water partition coefficient (Wildman–Crippen LogP) is 4.36. The van der Waals surface area contributed by atoms with Crippen LogP contribution >= 0.6 is 0 Å². The van der Waals surface area contributed by atoms with Crippen LogP contribution in [0.3, 0.4) is 0 Å². The number of rotatable bonds is 8. The standard InChI is InChI=1S/C34H50Si2.2Li/c1-21(2)35(22(3)4,23(5)6)33-29-19-15-13-17-27(29)32-31(33)28-18-14-16-20-30(28)34(32)36(24(7)8,25(9)10)26(11)12;;/h13-26H,1-12H3;;/q-2;2*+1. The summed E-state index contributed by atoms with van der Waals surface area (Å²) in [5.74, 6) is 0. The van der Waals surface area contributed by atoms with Gasteiger partial charge in [-0.2, -0.15) is 11.3 Å². The fourth-order valence-corrected chi connectivity index (χ4v) is 23.7. The van der Waals surface area contributed by atoms with E-state index < -0.39 is 16.1 Å². The first-order chi connectivity index (χ1) is 16.9. The summed E-state index contributed by atoms with van der Waals surface area (Å²) in [7, 11) is -3.82. The molecule has 0 aliphatic carbocycles. The monoisotopic (exact) mass is 528 g/mol. The molecular formula is C34H50Li2Si2. The van der Waals surface area contributed by atoms with E-state index in [0.717, 1.165) is 0 Å². The Morgan fingerprint density at radius 3 is 1.32 bits per heavy atom. The first-order valence-electron chi connectivity index (χ1n) is 14.6. The van der Waals surface area contributed by atoms with Gasteiger partial charge in [0, 0.05) is 8.07 Å². The summed E-state index contributed by atoms with van der Waals surface area (Å²) in [6.45, 7) is 30.3. The zero-order valence-electron chi connectivity index (χ0n) is 27.1. The van der Waals surface area contributed by atoms with Crippen molar-refractivity contribution in [2.45, 2.75) is 116 Å². The molecule has 4 heteroatoms. The van der Waals surface area contributed by atoms with Crippen LogP contribution in [-0.2, 0) is 0 Å². The van der Waals surface area contributed by atoms with E-state index in [1.165, 1.54) is 10.8 Å². The molecular weight excluding hydrogens is 478 g/mol. The molecule has 0 aromatic heterocycles. The van der Waals surface area contributed by atoms with Crippen LogP contribution in [0.5, 0.6) is 0 Å². The summed E-state index contributed by atoms with van der Waals surface area (Å²) >= 11 is 0. The van der Waals surface area contributed by atoms with Crippen molar-refractivity contribution >= 4 is 58.8 Å². The maximum atomic E-state index is 2.53. The van der Waals surface area contributed by atoms with Crippen LogP contribution in [0.1, 0.15) is 83.1 Å². The molecule has 196 valence electrons. The Morgan fingerprint density at radius 2 is 0.895 bits per heavy atom. The number of hydrogen-bond acceptors (Lipinski definition) is 0. The average molecular weight is 529 g/mol. The van der Waals surface area contributed by atoms with Crippen molar-refractivity contribution < 1.29 is 37.7 Å². The minimum Gasteiger partial charge on any atom is -0.228 e. The second-order valence-corrected chi connectivity index (χ2v) is 25.0. The van der Waals surface area contributed by atoms with Crippen molar-refractivity contribution in [3.05, 3.63) is 48.5 Å². The maximum Gasteiger partial charge on any atom is 1.00 e. The van der Waals surface area contributed by atoms with Crippen LogP contribution in [0, 0.1) is 0 Å². The quantitative estimate of drug-likeness (QED) is 0.235. The van der Waals surface area contributed by atoms with E-state index in [9.17, 15) is 0 Å². The molecule has 0 N–H and O–H groups in total. The van der Waals surface area contributed by atoms with Crippen molar-refractivity contribution in [1.29, 1.82) is 0 Å². The normalized spacial score (nSPS) is 13.2. The van der Waals surface area contributed by atoms with Gasteiger partial charge in [0.2, 0.25) is 0 Å². The Labute approximate surface area is 259 Å². The van der Waals surface area contributed by atoms with Crippen LogP contribution in [-0.4, -0.2) is 16.1 Å². The fraction of sp³-hybridized carbons (Fsp3) is 0.529. The molecule has 4 aromatic carbocycles. The van der Waals surface area contributed by atoms with E-state index in [1.807, 2.05) is 0 Å². The van der Waals surface area contributed by atoms with Crippen LogP contribution < -0.4 is 48.1 Å². The van der Waals surface area contributed by atoms with Crippen LogP contribution in [0.25, 0.3) is 32.3 Å². The topological polar surface area (TPSA) is 0 Å². The van der Waals surface area contributed by atoms with Gasteiger partial charge in [-0.15, -0.1) is 34.2 Å². The van der Waals surface area contributed by atoms with Crippen LogP contribution in [0.2, 0.25) is 33.2 Å². The third kappa shape index (κ3) is 4.46. The Bertz CT molecular complexity index is 1220. The van der Waals surface area contributed by atoms with Gasteiger partial charge in [0.15, 0.2) is 0 Å². The molecule has 0 fully saturated rings. The number of hydrogen-bond donors (Lipinski definition) is 0. The van der Waals surface area contributed by atoms with Crippen LogP contribution in [0.15, 0.2) is 48.5 Å². The molecule has 0 radical (unpaired) electrons. The average Bonchev–Trinajstić information content (AvgIpc) is 3.28. The summed E-state index contributed by atoms with van der Waals surface area (Å²) in [5, 5.41) is 13.0. The van der Waals surface area contributed by atoms with Crippen molar-refractivity contribution in [3.8, 4) is 0 Å². The van der Waals surface area contributed by atoms with E-state index in [2.05, 4.69) is 132 Å². The molecule has 0 aliphatic rings. The molecule has 0 atom stereocenters. The van der Waals surface area contributed by atoms with Gasteiger partial charge >= 0.3 is 37.7 Å². The molecule has 0 aliphatic heterocycles. The molecule has 0 heterocycles. The zero-order chi connectivity index (χ0) is 26.7. The summed E-state index contributed by atoms with van der Waals surface area (Å²) in [6.07, 6.45) is 0. The molecule has 38 heavy (non-hydrogen) atoms. The third-order valence-electron chi connectivity index (χ3n) is 10.3. The van der Waals surface area contributed by atoms with Gasteiger partial charge < -0.3 is 0 Å². The molecule has 4 rings (SSSR count). The van der Waals surface area contributed by atoms with E-state index in [4.69, 9.17) is 0 Å². The van der Waals surface area contributed by atoms with Crippen LogP contribution in [0.4, 0.5) is 0 Å². The first-order valence-corrected chi connectivity index (χ1v) is 19.0. The molecule has 0 bridgehead atoms. The Morgan fingerprint density at radius 1 is 0.500 bits per heavy atom.